The van der Waals surface area contributed by atoms with E-state index in [1.54, 1.807) is 0 Å². The molecular weight excluding hydrogens is 733 g/mol. The van der Waals surface area contributed by atoms with Crippen LogP contribution in [0.5, 0.6) is 11.5 Å². The third kappa shape index (κ3) is 9.61. The molecule has 286 valence electrons. The van der Waals surface area contributed by atoms with Gasteiger partial charge in [0.1, 0.15) is 11.5 Å². The summed E-state index contributed by atoms with van der Waals surface area (Å²) in [6.45, 7) is -0.516. The molecule has 4 fully saturated rings. The van der Waals surface area contributed by atoms with Gasteiger partial charge >= 0.3 is 11.9 Å². The highest BCUT2D eigenvalue weighted by Crippen LogP contribution is 2.61. The number of methoxy groups -OCH3 is 2. The number of ether oxygens (including phenoxy) is 4. The van der Waals surface area contributed by atoms with Crippen LogP contribution in [0.2, 0.25) is 10.0 Å². The van der Waals surface area contributed by atoms with Crippen molar-refractivity contribution in [2.45, 2.75) is 151 Å². The molecule has 0 amide bonds. The fraction of sp³-hybridized carbons (Fsp3) is 0.667. The van der Waals surface area contributed by atoms with Crippen LogP contribution in [0.4, 0.5) is 0 Å². The Bertz CT molecular complexity index is 1350. The van der Waals surface area contributed by atoms with Gasteiger partial charge in [-0.3, -0.25) is 0 Å². The van der Waals surface area contributed by atoms with Gasteiger partial charge in [0, 0.05) is 11.1 Å². The number of hydrogen-bond acceptors (Lipinski definition) is 6. The van der Waals surface area contributed by atoms with Crippen LogP contribution < -0.4 is 20.1 Å². The lowest BCUT2D eigenvalue weighted by Crippen LogP contribution is -2.30. The summed E-state index contributed by atoms with van der Waals surface area (Å²) in [5, 5.41) is 3.47. The van der Waals surface area contributed by atoms with Crippen molar-refractivity contribution in [2.24, 2.45) is 0 Å². The van der Waals surface area contributed by atoms with Crippen molar-refractivity contribution >= 4 is 61.6 Å². The summed E-state index contributed by atoms with van der Waals surface area (Å²) in [5.41, 5.74) is 4.24. The predicted molar refractivity (Wildman–Crippen MR) is 218 cm³/mol. The molecular formula is C42H58Cl2O6P2. The van der Waals surface area contributed by atoms with E-state index >= 15 is 0 Å². The molecule has 0 aliphatic heterocycles. The molecule has 4 aliphatic carbocycles. The third-order valence-corrected chi connectivity index (χ3v) is 19.6. The standard InChI is InChI=1S/C42H58Cl2O6P2/c1-47-37(45)27-49-41-33(43)23-25-35(51(29-15-7-3-8-16-29)30-17-9-4-10-18-30)39(41)40-36(26-24-34(44)42(40)50-28-38(46)48-2)52(31-19-11-5-12-20-31)32-21-13-6-14-22-32/h23-26,29-32H,3-22,27-28H2,1-2H3. The number of benzene rings is 2. The second-order valence-electron chi connectivity index (χ2n) is 15.3. The second-order valence-corrected chi connectivity index (χ2v) is 21.6. The van der Waals surface area contributed by atoms with E-state index in [1.165, 1.54) is 153 Å². The molecule has 0 radical (unpaired) electrons. The number of carbonyl (C=O) groups is 2. The van der Waals surface area contributed by atoms with E-state index in [2.05, 4.69) is 12.1 Å². The van der Waals surface area contributed by atoms with Gasteiger partial charge < -0.3 is 18.9 Å². The molecule has 0 heterocycles. The molecule has 0 N–H and O–H groups in total. The van der Waals surface area contributed by atoms with Gasteiger partial charge in [-0.25, -0.2) is 9.59 Å². The van der Waals surface area contributed by atoms with Crippen molar-refractivity contribution in [3.05, 3.63) is 34.3 Å². The van der Waals surface area contributed by atoms with Gasteiger partial charge in [-0.05, 0) is 96.7 Å². The maximum absolute atomic E-state index is 12.7. The Morgan fingerprint density at radius 3 is 1.08 bits per heavy atom. The zero-order valence-corrected chi connectivity index (χ0v) is 34.6. The Kier molecular flexibility index (Phi) is 15.3. The third-order valence-electron chi connectivity index (χ3n) is 12.0. The highest BCUT2D eigenvalue weighted by atomic mass is 35.5. The van der Waals surface area contributed by atoms with E-state index in [1.807, 2.05) is 12.1 Å². The minimum atomic E-state index is -0.640. The molecule has 2 aromatic rings. The first-order chi connectivity index (χ1) is 25.4. The molecule has 6 nitrogen and oxygen atoms in total. The van der Waals surface area contributed by atoms with Gasteiger partial charge in [0.2, 0.25) is 0 Å². The Hall–Kier alpha value is -1.58. The summed E-state index contributed by atoms with van der Waals surface area (Å²) >= 11 is 14.4. The first-order valence-corrected chi connectivity index (χ1v) is 23.7. The smallest absolute Gasteiger partial charge is 0.343 e. The SMILES string of the molecule is COC(=O)COc1c(Cl)ccc(P(C2CCCCC2)C2CCCCC2)c1-c1c(P(C2CCCCC2)C2CCCCC2)ccc(Cl)c1OCC(=O)OC. The maximum atomic E-state index is 12.7. The first kappa shape index (κ1) is 40.1. The average Bonchev–Trinajstić information content (AvgIpc) is 3.19. The lowest BCUT2D eigenvalue weighted by Gasteiger charge is -2.42. The molecule has 4 saturated carbocycles. The first-order valence-electron chi connectivity index (χ1n) is 20.0. The molecule has 0 atom stereocenters. The van der Waals surface area contributed by atoms with Crippen LogP contribution in [0.1, 0.15) is 128 Å². The topological polar surface area (TPSA) is 71.1 Å². The fourth-order valence-electron chi connectivity index (χ4n) is 9.49. The number of carbonyl (C=O) groups excluding carboxylic acids is 2. The van der Waals surface area contributed by atoms with Crippen molar-refractivity contribution in [1.82, 2.24) is 0 Å². The molecule has 0 spiro atoms. The highest BCUT2D eigenvalue weighted by Gasteiger charge is 2.40. The summed E-state index contributed by atoms with van der Waals surface area (Å²) in [4.78, 5) is 25.4. The minimum absolute atomic E-state index is 0.258. The van der Waals surface area contributed by atoms with Crippen LogP contribution in [0.15, 0.2) is 24.3 Å². The van der Waals surface area contributed by atoms with Gasteiger partial charge in [0.05, 0.1) is 24.3 Å². The average molecular weight is 792 g/mol. The van der Waals surface area contributed by atoms with Crippen LogP contribution in [0.25, 0.3) is 11.1 Å². The number of rotatable bonds is 13. The highest BCUT2D eigenvalue weighted by molar-refractivity contribution is 7.68. The monoisotopic (exact) mass is 790 g/mol. The molecule has 0 aromatic heterocycles. The van der Waals surface area contributed by atoms with E-state index in [9.17, 15) is 9.59 Å². The van der Waals surface area contributed by atoms with Gasteiger partial charge in [-0.2, -0.15) is 0 Å². The van der Waals surface area contributed by atoms with Crippen LogP contribution in [0, 0.1) is 0 Å². The summed E-state index contributed by atoms with van der Waals surface area (Å²) in [5.74, 6) is 0.0681. The Morgan fingerprint density at radius 1 is 0.519 bits per heavy atom. The molecule has 2 aromatic carbocycles. The number of esters is 2. The Balaban J connectivity index is 1.65. The van der Waals surface area contributed by atoms with Crippen molar-refractivity contribution in [3.8, 4) is 22.6 Å². The fourth-order valence-corrected chi connectivity index (χ4v) is 17.8. The van der Waals surface area contributed by atoms with Crippen LogP contribution >= 0.6 is 39.0 Å². The zero-order valence-electron chi connectivity index (χ0n) is 31.3. The van der Waals surface area contributed by atoms with Crippen LogP contribution in [-0.4, -0.2) is 62.0 Å². The van der Waals surface area contributed by atoms with Crippen molar-refractivity contribution in [2.75, 3.05) is 27.4 Å². The summed E-state index contributed by atoms with van der Waals surface area (Å²) in [6.07, 6.45) is 25.1. The van der Waals surface area contributed by atoms with Crippen molar-refractivity contribution in [1.29, 1.82) is 0 Å². The molecule has 52 heavy (non-hydrogen) atoms. The predicted octanol–water partition coefficient (Wildman–Crippen LogP) is 11.3. The van der Waals surface area contributed by atoms with Gasteiger partial charge in [-0.1, -0.05) is 128 Å². The molecule has 0 bridgehead atoms. The lowest BCUT2D eigenvalue weighted by atomic mass is 9.99. The van der Waals surface area contributed by atoms with Gasteiger partial charge in [-0.15, -0.1) is 0 Å². The van der Waals surface area contributed by atoms with Crippen molar-refractivity contribution in [3.63, 3.8) is 0 Å². The largest absolute Gasteiger partial charge is 0.480 e. The van der Waals surface area contributed by atoms with E-state index < -0.39 is 27.8 Å². The molecule has 4 aliphatic rings. The van der Waals surface area contributed by atoms with E-state index in [4.69, 9.17) is 42.1 Å². The molecule has 0 unspecified atom stereocenters. The molecule has 6 rings (SSSR count). The van der Waals surface area contributed by atoms with E-state index in [0.29, 0.717) is 44.2 Å². The quantitative estimate of drug-likeness (QED) is 0.149. The number of halogens is 2. The van der Waals surface area contributed by atoms with Crippen LogP contribution in [0.3, 0.4) is 0 Å². The summed E-state index contributed by atoms with van der Waals surface area (Å²) in [6, 6.07) is 8.52. The Morgan fingerprint density at radius 2 is 0.808 bits per heavy atom. The second kappa shape index (κ2) is 19.8. The van der Waals surface area contributed by atoms with E-state index in [0.717, 1.165) is 11.1 Å². The zero-order chi connectivity index (χ0) is 36.5. The molecule has 10 heteroatoms. The van der Waals surface area contributed by atoms with Gasteiger partial charge in [0.15, 0.2) is 13.2 Å². The summed E-state index contributed by atoms with van der Waals surface area (Å²) in [7, 11) is 1.48. The minimum Gasteiger partial charge on any atom is -0.480 e. The maximum Gasteiger partial charge on any atom is 0.343 e. The van der Waals surface area contributed by atoms with Gasteiger partial charge in [0.25, 0.3) is 0 Å². The van der Waals surface area contributed by atoms with E-state index in [-0.39, 0.29) is 13.2 Å². The lowest BCUT2D eigenvalue weighted by molar-refractivity contribution is -0.143. The summed E-state index contributed by atoms with van der Waals surface area (Å²) < 4.78 is 23.2. The normalized spacial score (nSPS) is 19.9. The van der Waals surface area contributed by atoms with Crippen LogP contribution in [-0.2, 0) is 19.1 Å². The Labute approximate surface area is 324 Å². The molecule has 0 saturated heterocycles. The van der Waals surface area contributed by atoms with Crippen molar-refractivity contribution < 1.29 is 28.5 Å². The number of hydrogen-bond donors (Lipinski definition) is 0.